The van der Waals surface area contributed by atoms with Crippen molar-refractivity contribution in [3.8, 4) is 0 Å². The summed E-state index contributed by atoms with van der Waals surface area (Å²) < 4.78 is 0. The second kappa shape index (κ2) is 7.31. The number of hydrogen-bond donors (Lipinski definition) is 2. The first-order valence-corrected chi connectivity index (χ1v) is 6.20. The number of benzene rings is 1. The van der Waals surface area contributed by atoms with Crippen LogP contribution in [0.25, 0.3) is 0 Å². The second-order valence-electron chi connectivity index (χ2n) is 4.20. The van der Waals surface area contributed by atoms with E-state index in [1.165, 1.54) is 12.1 Å². The molecule has 1 atom stereocenters. The molecule has 0 aromatic heterocycles. The fourth-order valence-electron chi connectivity index (χ4n) is 1.54. The zero-order valence-corrected chi connectivity index (χ0v) is 11.0. The summed E-state index contributed by atoms with van der Waals surface area (Å²) in [6.07, 6.45) is 1.35. The van der Waals surface area contributed by atoms with Crippen molar-refractivity contribution in [2.24, 2.45) is 0 Å². The number of non-ortho nitro benzene ring substituents is 1. The van der Waals surface area contributed by atoms with Crippen molar-refractivity contribution in [2.75, 3.05) is 6.54 Å². The Morgan fingerprint density at radius 1 is 1.56 bits per heavy atom. The maximum absolute atomic E-state index is 10.5. The molecule has 0 saturated carbocycles. The normalized spacial score (nSPS) is 12.4. The van der Waals surface area contributed by atoms with Crippen LogP contribution in [0.2, 0.25) is 5.02 Å². The predicted octanol–water partition coefficient (Wildman–Crippen LogP) is 2.50. The zero-order valence-electron chi connectivity index (χ0n) is 10.2. The van der Waals surface area contributed by atoms with Crippen LogP contribution in [-0.2, 0) is 6.54 Å². The van der Waals surface area contributed by atoms with Gasteiger partial charge in [-0.25, -0.2) is 0 Å². The minimum Gasteiger partial charge on any atom is -0.393 e. The Morgan fingerprint density at radius 3 is 2.83 bits per heavy atom. The van der Waals surface area contributed by atoms with Crippen molar-refractivity contribution in [2.45, 2.75) is 32.4 Å². The number of halogens is 1. The molecule has 0 radical (unpaired) electrons. The van der Waals surface area contributed by atoms with Gasteiger partial charge in [0.25, 0.3) is 5.69 Å². The lowest BCUT2D eigenvalue weighted by molar-refractivity contribution is -0.384. The minimum atomic E-state index is -0.467. The molecule has 1 unspecified atom stereocenters. The molecule has 5 nitrogen and oxygen atoms in total. The Balaban J connectivity index is 2.41. The van der Waals surface area contributed by atoms with E-state index in [9.17, 15) is 10.1 Å². The third-order valence-electron chi connectivity index (χ3n) is 2.54. The summed E-state index contributed by atoms with van der Waals surface area (Å²) in [7, 11) is 0. The average molecular weight is 273 g/mol. The lowest BCUT2D eigenvalue weighted by Gasteiger charge is -2.07. The fraction of sp³-hybridized carbons (Fsp3) is 0.500. The molecule has 0 bridgehead atoms. The molecule has 1 aromatic carbocycles. The van der Waals surface area contributed by atoms with Gasteiger partial charge in [-0.05, 0) is 37.9 Å². The van der Waals surface area contributed by atoms with Crippen LogP contribution in [0.1, 0.15) is 25.3 Å². The van der Waals surface area contributed by atoms with E-state index in [4.69, 9.17) is 16.7 Å². The van der Waals surface area contributed by atoms with E-state index in [0.717, 1.165) is 24.9 Å². The number of hydrogen-bond acceptors (Lipinski definition) is 4. The van der Waals surface area contributed by atoms with E-state index in [-0.39, 0.29) is 11.8 Å². The quantitative estimate of drug-likeness (QED) is 0.454. The summed E-state index contributed by atoms with van der Waals surface area (Å²) in [5, 5.41) is 23.2. The molecule has 0 aliphatic heterocycles. The first-order chi connectivity index (χ1) is 8.50. The van der Waals surface area contributed by atoms with Gasteiger partial charge in [-0.15, -0.1) is 0 Å². The Labute approximate surface area is 111 Å². The van der Waals surface area contributed by atoms with Crippen molar-refractivity contribution in [1.29, 1.82) is 0 Å². The van der Waals surface area contributed by atoms with Crippen LogP contribution in [0.4, 0.5) is 5.69 Å². The van der Waals surface area contributed by atoms with Crippen LogP contribution >= 0.6 is 11.6 Å². The second-order valence-corrected chi connectivity index (χ2v) is 4.61. The Hall–Kier alpha value is -1.17. The summed E-state index contributed by atoms with van der Waals surface area (Å²) in [5.41, 5.74) is 0.831. The highest BCUT2D eigenvalue weighted by Gasteiger charge is 2.08. The first kappa shape index (κ1) is 14.9. The molecule has 0 heterocycles. The summed E-state index contributed by atoms with van der Waals surface area (Å²) in [4.78, 5) is 10.1. The monoisotopic (exact) mass is 272 g/mol. The molecular formula is C12H17ClN2O3. The predicted molar refractivity (Wildman–Crippen MR) is 70.7 cm³/mol. The molecule has 1 aromatic rings. The van der Waals surface area contributed by atoms with Crippen LogP contribution in [0.5, 0.6) is 0 Å². The van der Waals surface area contributed by atoms with Crippen molar-refractivity contribution >= 4 is 17.3 Å². The number of rotatable bonds is 7. The number of aliphatic hydroxyl groups is 1. The summed E-state index contributed by atoms with van der Waals surface area (Å²) in [6.45, 7) is 3.10. The summed E-state index contributed by atoms with van der Waals surface area (Å²) in [6, 6.07) is 4.45. The van der Waals surface area contributed by atoms with Gasteiger partial charge in [0.05, 0.1) is 16.0 Å². The third-order valence-corrected chi connectivity index (χ3v) is 2.89. The molecule has 0 aliphatic carbocycles. The maximum atomic E-state index is 10.5. The fourth-order valence-corrected chi connectivity index (χ4v) is 1.78. The van der Waals surface area contributed by atoms with Crippen molar-refractivity contribution in [3.63, 3.8) is 0 Å². The SMILES string of the molecule is CC(O)CCCNCc1ccc([N+](=O)[O-])cc1Cl. The highest BCUT2D eigenvalue weighted by Crippen LogP contribution is 2.22. The van der Waals surface area contributed by atoms with Crippen molar-refractivity contribution < 1.29 is 10.0 Å². The van der Waals surface area contributed by atoms with E-state index in [1.54, 1.807) is 13.0 Å². The molecule has 6 heteroatoms. The van der Waals surface area contributed by atoms with Crippen LogP contribution in [0.3, 0.4) is 0 Å². The van der Waals surface area contributed by atoms with E-state index in [1.807, 2.05) is 0 Å². The molecule has 0 amide bonds. The number of nitrogens with one attached hydrogen (secondary N) is 1. The van der Waals surface area contributed by atoms with Gasteiger partial charge in [-0.3, -0.25) is 10.1 Å². The highest BCUT2D eigenvalue weighted by molar-refractivity contribution is 6.31. The van der Waals surface area contributed by atoms with Crippen LogP contribution in [0, 0.1) is 10.1 Å². The average Bonchev–Trinajstić information content (AvgIpc) is 2.29. The molecule has 18 heavy (non-hydrogen) atoms. The summed E-state index contributed by atoms with van der Waals surface area (Å²) in [5.74, 6) is 0. The molecule has 0 spiro atoms. The molecule has 100 valence electrons. The molecule has 0 fully saturated rings. The molecule has 1 rings (SSSR count). The van der Waals surface area contributed by atoms with E-state index in [2.05, 4.69) is 5.32 Å². The molecule has 0 aliphatic rings. The Kier molecular flexibility index (Phi) is 6.04. The molecule has 0 saturated heterocycles. The van der Waals surface area contributed by atoms with Gasteiger partial charge >= 0.3 is 0 Å². The van der Waals surface area contributed by atoms with Crippen LogP contribution in [-0.4, -0.2) is 22.7 Å². The topological polar surface area (TPSA) is 75.4 Å². The molecular weight excluding hydrogens is 256 g/mol. The van der Waals surface area contributed by atoms with Gasteiger partial charge in [-0.2, -0.15) is 0 Å². The van der Waals surface area contributed by atoms with Crippen LogP contribution < -0.4 is 5.32 Å². The lowest BCUT2D eigenvalue weighted by atomic mass is 10.2. The van der Waals surface area contributed by atoms with E-state index in [0.29, 0.717) is 11.6 Å². The van der Waals surface area contributed by atoms with Gasteiger partial charge in [0.15, 0.2) is 0 Å². The van der Waals surface area contributed by atoms with Gasteiger partial charge in [0, 0.05) is 18.7 Å². The Bertz CT molecular complexity index is 410. The highest BCUT2D eigenvalue weighted by atomic mass is 35.5. The largest absolute Gasteiger partial charge is 0.393 e. The number of nitro benzene ring substituents is 1. The lowest BCUT2D eigenvalue weighted by Crippen LogP contribution is -2.16. The van der Waals surface area contributed by atoms with E-state index < -0.39 is 4.92 Å². The summed E-state index contributed by atoms with van der Waals surface area (Å²) >= 11 is 5.95. The van der Waals surface area contributed by atoms with Gasteiger partial charge in [0.2, 0.25) is 0 Å². The van der Waals surface area contributed by atoms with Gasteiger partial charge in [0.1, 0.15) is 0 Å². The van der Waals surface area contributed by atoms with Gasteiger partial charge in [-0.1, -0.05) is 11.6 Å². The van der Waals surface area contributed by atoms with E-state index >= 15 is 0 Å². The number of aliphatic hydroxyl groups excluding tert-OH is 1. The third kappa shape index (κ3) is 5.00. The van der Waals surface area contributed by atoms with Crippen molar-refractivity contribution in [3.05, 3.63) is 38.9 Å². The standard InChI is InChI=1S/C12H17ClN2O3/c1-9(16)3-2-6-14-8-10-4-5-11(15(17)18)7-12(10)13/h4-5,7,9,14,16H,2-3,6,8H2,1H3. The maximum Gasteiger partial charge on any atom is 0.270 e. The van der Waals surface area contributed by atoms with Crippen molar-refractivity contribution in [1.82, 2.24) is 5.32 Å². The van der Waals surface area contributed by atoms with Crippen LogP contribution in [0.15, 0.2) is 18.2 Å². The first-order valence-electron chi connectivity index (χ1n) is 5.82. The molecule has 2 N–H and O–H groups in total. The van der Waals surface area contributed by atoms with Gasteiger partial charge < -0.3 is 10.4 Å². The number of nitrogens with zero attached hydrogens (tertiary/aromatic N) is 1. The Morgan fingerprint density at radius 2 is 2.28 bits per heavy atom. The number of nitro groups is 1. The minimum absolute atomic E-state index is 0.00199. The smallest absolute Gasteiger partial charge is 0.270 e. The zero-order chi connectivity index (χ0) is 13.5.